The highest BCUT2D eigenvalue weighted by Crippen LogP contribution is 2.43. The lowest BCUT2D eigenvalue weighted by Crippen LogP contribution is -2.39. The van der Waals surface area contributed by atoms with E-state index in [0.29, 0.717) is 5.39 Å². The minimum atomic E-state index is -3.56. The number of hydrogen-bond donors (Lipinski definition) is 3. The van der Waals surface area contributed by atoms with E-state index in [9.17, 15) is 13.9 Å². The number of anilines is 1. The first-order chi connectivity index (χ1) is 9.46. The molecule has 0 amide bonds. The van der Waals surface area contributed by atoms with Crippen molar-refractivity contribution in [3.8, 4) is 0 Å². The molecule has 0 saturated carbocycles. The van der Waals surface area contributed by atoms with E-state index >= 15 is 0 Å². The molecule has 3 rings (SSSR count). The highest BCUT2D eigenvalue weighted by atomic mass is 19.3. The van der Waals surface area contributed by atoms with Gasteiger partial charge in [-0.2, -0.15) is 8.78 Å². The number of fused-ring (bicyclic) bond motifs is 1. The number of nitrogens with two attached hydrogens (primary N) is 1. The molecule has 9 heteroatoms. The number of alkyl halides is 2. The van der Waals surface area contributed by atoms with E-state index in [1.807, 2.05) is 0 Å². The summed E-state index contributed by atoms with van der Waals surface area (Å²) in [5.74, 6) is -3.40. The predicted molar refractivity (Wildman–Crippen MR) is 63.9 cm³/mol. The Hall–Kier alpha value is -1.84. The van der Waals surface area contributed by atoms with Gasteiger partial charge >= 0.3 is 5.92 Å². The number of halogens is 2. The number of aliphatic hydroxyl groups is 2. The van der Waals surface area contributed by atoms with Crippen molar-refractivity contribution in [1.29, 1.82) is 0 Å². The topological polar surface area (TPSA) is 106 Å². The summed E-state index contributed by atoms with van der Waals surface area (Å²) < 4.78 is 34.2. The van der Waals surface area contributed by atoms with Gasteiger partial charge in [0.1, 0.15) is 23.9 Å². The maximum atomic E-state index is 14.0. The summed E-state index contributed by atoms with van der Waals surface area (Å²) >= 11 is 0. The highest BCUT2D eigenvalue weighted by molar-refractivity contribution is 5.86. The molecule has 4 N–H and O–H groups in total. The molecule has 108 valence electrons. The van der Waals surface area contributed by atoms with E-state index in [-0.39, 0.29) is 11.5 Å². The van der Waals surface area contributed by atoms with E-state index in [2.05, 4.69) is 9.97 Å². The van der Waals surface area contributed by atoms with Crippen molar-refractivity contribution in [1.82, 2.24) is 14.5 Å². The molecule has 3 atom stereocenters. The monoisotopic (exact) mass is 286 g/mol. The summed E-state index contributed by atoms with van der Waals surface area (Å²) in [5, 5.41) is 18.9. The van der Waals surface area contributed by atoms with Crippen LogP contribution in [0.25, 0.3) is 11.0 Å². The van der Waals surface area contributed by atoms with Crippen molar-refractivity contribution in [2.75, 3.05) is 12.3 Å². The summed E-state index contributed by atoms with van der Waals surface area (Å²) in [6, 6.07) is 1.49. The average molecular weight is 286 g/mol. The molecule has 20 heavy (non-hydrogen) atoms. The van der Waals surface area contributed by atoms with E-state index < -0.39 is 31.0 Å². The summed E-state index contributed by atoms with van der Waals surface area (Å²) in [5.41, 5.74) is 5.81. The van der Waals surface area contributed by atoms with Crippen LogP contribution in [0.2, 0.25) is 0 Å². The first kappa shape index (κ1) is 13.2. The van der Waals surface area contributed by atoms with Crippen molar-refractivity contribution in [3.05, 3.63) is 18.6 Å². The van der Waals surface area contributed by atoms with E-state index in [1.165, 1.54) is 12.3 Å². The predicted octanol–water partition coefficient (Wildman–Crippen LogP) is -0.101. The molecule has 0 aromatic carbocycles. The zero-order chi connectivity index (χ0) is 14.5. The number of aliphatic hydroxyl groups excluding tert-OH is 2. The molecule has 0 aliphatic carbocycles. The van der Waals surface area contributed by atoms with Gasteiger partial charge in [0.2, 0.25) is 6.23 Å². The number of rotatable bonds is 2. The van der Waals surface area contributed by atoms with Crippen LogP contribution in [0.4, 0.5) is 14.6 Å². The first-order valence-electron chi connectivity index (χ1n) is 5.86. The van der Waals surface area contributed by atoms with Crippen LogP contribution in [0.15, 0.2) is 18.6 Å². The molecule has 0 bridgehead atoms. The molecular formula is C11H12F2N4O3. The van der Waals surface area contributed by atoms with Crippen LogP contribution in [-0.4, -0.2) is 49.5 Å². The third kappa shape index (κ3) is 1.67. The summed E-state index contributed by atoms with van der Waals surface area (Å²) in [6.07, 6.45) is -2.72. The fraction of sp³-hybridized carbons (Fsp3) is 0.455. The van der Waals surface area contributed by atoms with Crippen LogP contribution in [0.1, 0.15) is 6.23 Å². The lowest BCUT2D eigenvalue weighted by atomic mass is 10.1. The van der Waals surface area contributed by atoms with Crippen molar-refractivity contribution in [3.63, 3.8) is 0 Å². The molecule has 3 unspecified atom stereocenters. The normalized spacial score (nSPS) is 29.1. The SMILES string of the molecule is Nc1ncnc2c1ccn2C1OC(CO)C(O)C1(F)F. The zero-order valence-electron chi connectivity index (χ0n) is 10.1. The largest absolute Gasteiger partial charge is 0.394 e. The summed E-state index contributed by atoms with van der Waals surface area (Å²) in [6.45, 7) is -0.705. The third-order valence-electron chi connectivity index (χ3n) is 3.35. The van der Waals surface area contributed by atoms with Gasteiger partial charge in [0.05, 0.1) is 12.0 Å². The molecule has 0 radical (unpaired) electrons. The molecule has 2 aromatic heterocycles. The Balaban J connectivity index is 2.10. The van der Waals surface area contributed by atoms with Crippen molar-refractivity contribution < 1.29 is 23.7 Å². The first-order valence-corrected chi connectivity index (χ1v) is 5.86. The molecule has 1 aliphatic rings. The van der Waals surface area contributed by atoms with E-state index in [4.69, 9.17) is 15.6 Å². The third-order valence-corrected chi connectivity index (χ3v) is 3.35. The van der Waals surface area contributed by atoms with Gasteiger partial charge < -0.3 is 25.3 Å². The summed E-state index contributed by atoms with van der Waals surface area (Å²) in [4.78, 5) is 7.67. The number of aromatic nitrogens is 3. The van der Waals surface area contributed by atoms with Crippen molar-refractivity contribution >= 4 is 16.9 Å². The van der Waals surface area contributed by atoms with Gasteiger partial charge in [0.25, 0.3) is 0 Å². The van der Waals surface area contributed by atoms with Gasteiger partial charge in [-0.3, -0.25) is 0 Å². The highest BCUT2D eigenvalue weighted by Gasteiger charge is 2.59. The number of nitrogen functional groups attached to an aromatic ring is 1. The van der Waals surface area contributed by atoms with Gasteiger partial charge in [-0.05, 0) is 6.07 Å². The molecule has 1 aliphatic heterocycles. The molecular weight excluding hydrogens is 274 g/mol. The second kappa shape index (κ2) is 4.33. The Kier molecular flexibility index (Phi) is 2.85. The summed E-state index contributed by atoms with van der Waals surface area (Å²) in [7, 11) is 0. The van der Waals surface area contributed by atoms with Gasteiger partial charge in [-0.15, -0.1) is 0 Å². The molecule has 0 spiro atoms. The number of nitrogens with zero attached hydrogens (tertiary/aromatic N) is 3. The number of ether oxygens (including phenoxy) is 1. The lowest BCUT2D eigenvalue weighted by molar-refractivity contribution is -0.138. The van der Waals surface area contributed by atoms with Gasteiger partial charge in [0, 0.05) is 6.20 Å². The van der Waals surface area contributed by atoms with Crippen molar-refractivity contribution in [2.45, 2.75) is 24.4 Å². The fourth-order valence-corrected chi connectivity index (χ4v) is 2.30. The lowest BCUT2D eigenvalue weighted by Gasteiger charge is -2.21. The second-order valence-electron chi connectivity index (χ2n) is 4.55. The zero-order valence-corrected chi connectivity index (χ0v) is 10.1. The van der Waals surface area contributed by atoms with Crippen LogP contribution in [0.5, 0.6) is 0 Å². The number of hydrogen-bond acceptors (Lipinski definition) is 6. The Morgan fingerprint density at radius 1 is 1.45 bits per heavy atom. The van der Waals surface area contributed by atoms with Gasteiger partial charge in [0.15, 0.2) is 6.10 Å². The smallest absolute Gasteiger partial charge is 0.320 e. The Morgan fingerprint density at radius 3 is 2.85 bits per heavy atom. The second-order valence-corrected chi connectivity index (χ2v) is 4.55. The Bertz CT molecular complexity index is 648. The van der Waals surface area contributed by atoms with Crippen LogP contribution >= 0.6 is 0 Å². The Morgan fingerprint density at radius 2 is 2.20 bits per heavy atom. The van der Waals surface area contributed by atoms with Gasteiger partial charge in [-0.25, -0.2) is 9.97 Å². The molecule has 3 heterocycles. The van der Waals surface area contributed by atoms with Crippen molar-refractivity contribution in [2.24, 2.45) is 0 Å². The molecule has 2 aromatic rings. The average Bonchev–Trinajstić information content (AvgIpc) is 2.92. The van der Waals surface area contributed by atoms with Crippen LogP contribution in [-0.2, 0) is 4.74 Å². The van der Waals surface area contributed by atoms with Crippen LogP contribution < -0.4 is 5.73 Å². The maximum Gasteiger partial charge on any atom is 0.320 e. The molecule has 1 saturated heterocycles. The molecule has 1 fully saturated rings. The van der Waals surface area contributed by atoms with Crippen LogP contribution in [0, 0.1) is 0 Å². The maximum absolute atomic E-state index is 14.0. The van der Waals surface area contributed by atoms with E-state index in [0.717, 1.165) is 10.9 Å². The Labute approximate surface area is 111 Å². The van der Waals surface area contributed by atoms with Gasteiger partial charge in [-0.1, -0.05) is 0 Å². The quantitative estimate of drug-likeness (QED) is 0.711. The van der Waals surface area contributed by atoms with Crippen LogP contribution in [0.3, 0.4) is 0 Å². The van der Waals surface area contributed by atoms with E-state index in [1.54, 1.807) is 0 Å². The molecule has 7 nitrogen and oxygen atoms in total. The minimum absolute atomic E-state index is 0.161. The fourth-order valence-electron chi connectivity index (χ4n) is 2.30. The minimum Gasteiger partial charge on any atom is -0.394 e. The standard InChI is InChI=1S/C11H12F2N4O3/c12-11(13)7(19)6(3-18)20-10(11)17-2-1-5-8(14)15-4-16-9(5)17/h1-2,4,6-7,10,18-19H,3H2,(H2,14,15,16).